The molecule has 0 aliphatic carbocycles. The van der Waals surface area contributed by atoms with Crippen LogP contribution in [-0.4, -0.2) is 16.7 Å². The number of carbonyl (C=O) groups excluding carboxylic acids is 1. The fourth-order valence-electron chi connectivity index (χ4n) is 0.585. The van der Waals surface area contributed by atoms with Crippen molar-refractivity contribution >= 4 is 5.78 Å². The van der Waals surface area contributed by atoms with Crippen LogP contribution < -0.4 is 0 Å². The van der Waals surface area contributed by atoms with Crippen LogP contribution in [0.4, 0.5) is 0 Å². The Hall–Kier alpha value is -0.930. The van der Waals surface area contributed by atoms with Crippen molar-refractivity contribution in [3.05, 3.63) is 10.1 Å². The van der Waals surface area contributed by atoms with E-state index in [0.29, 0.717) is 0 Å². The highest BCUT2D eigenvalue weighted by Crippen LogP contribution is 1.96. The first-order valence-electron chi connectivity index (χ1n) is 2.73. The maximum Gasteiger partial charge on any atom is 0.269 e. The van der Waals surface area contributed by atoms with Gasteiger partial charge in [0.25, 0.3) is 6.04 Å². The summed E-state index contributed by atoms with van der Waals surface area (Å²) in [4.78, 5) is 19.8. The highest BCUT2D eigenvalue weighted by molar-refractivity contribution is 5.79. The van der Waals surface area contributed by atoms with Crippen LogP contribution >= 0.6 is 0 Å². The van der Waals surface area contributed by atoms with E-state index in [1.54, 1.807) is 6.92 Å². The Balaban J connectivity index is 3.99. The lowest BCUT2D eigenvalue weighted by molar-refractivity contribution is -0.507. The van der Waals surface area contributed by atoms with E-state index >= 15 is 0 Å². The third-order valence-electron chi connectivity index (χ3n) is 1.11. The fraction of sp³-hybridized carbons (Fsp3) is 0.800. The van der Waals surface area contributed by atoms with Gasteiger partial charge in [0, 0.05) is 18.3 Å². The van der Waals surface area contributed by atoms with Crippen molar-refractivity contribution in [1.29, 1.82) is 0 Å². The molecule has 0 aromatic heterocycles. The summed E-state index contributed by atoms with van der Waals surface area (Å²) in [6, 6.07) is -0.995. The van der Waals surface area contributed by atoms with Crippen LogP contribution in [0.25, 0.3) is 0 Å². The number of nitrogens with zero attached hydrogens (tertiary/aromatic N) is 1. The van der Waals surface area contributed by atoms with E-state index in [1.165, 1.54) is 6.92 Å². The summed E-state index contributed by atoms with van der Waals surface area (Å²) >= 11 is 0. The summed E-state index contributed by atoms with van der Waals surface area (Å²) in [6.07, 6.45) is 0.280. The molecule has 0 saturated carbocycles. The van der Waals surface area contributed by atoms with Gasteiger partial charge >= 0.3 is 0 Å². The van der Waals surface area contributed by atoms with Gasteiger partial charge < -0.3 is 0 Å². The molecule has 0 bridgehead atoms. The van der Waals surface area contributed by atoms with E-state index in [-0.39, 0.29) is 12.2 Å². The van der Waals surface area contributed by atoms with Gasteiger partial charge in [0.2, 0.25) is 5.78 Å². The minimum absolute atomic E-state index is 0.280. The SMILES string of the molecule is CC[C@@H](C(C)=O)[N+](=O)[O-]. The Morgan fingerprint density at radius 3 is 2.22 bits per heavy atom. The Kier molecular flexibility index (Phi) is 2.84. The van der Waals surface area contributed by atoms with E-state index in [2.05, 4.69) is 0 Å². The topological polar surface area (TPSA) is 60.2 Å². The lowest BCUT2D eigenvalue weighted by atomic mass is 10.2. The smallest absolute Gasteiger partial charge is 0.269 e. The molecule has 0 heterocycles. The van der Waals surface area contributed by atoms with Gasteiger partial charge in [-0.1, -0.05) is 6.92 Å². The van der Waals surface area contributed by atoms with Crippen molar-refractivity contribution in [3.8, 4) is 0 Å². The molecule has 0 aromatic rings. The van der Waals surface area contributed by atoms with E-state index in [4.69, 9.17) is 0 Å². The second-order valence-electron chi connectivity index (χ2n) is 1.82. The Labute approximate surface area is 53.0 Å². The first-order valence-corrected chi connectivity index (χ1v) is 2.73. The maximum absolute atomic E-state index is 10.4. The zero-order chi connectivity index (χ0) is 7.44. The largest absolute Gasteiger partial charge is 0.292 e. The summed E-state index contributed by atoms with van der Waals surface area (Å²) in [5, 5.41) is 9.96. The van der Waals surface area contributed by atoms with Gasteiger partial charge in [0.15, 0.2) is 0 Å². The third-order valence-corrected chi connectivity index (χ3v) is 1.11. The number of nitro groups is 1. The lowest BCUT2D eigenvalue weighted by Crippen LogP contribution is -2.26. The molecule has 0 N–H and O–H groups in total. The average molecular weight is 131 g/mol. The van der Waals surface area contributed by atoms with Crippen LogP contribution in [0.5, 0.6) is 0 Å². The molecule has 0 aliphatic rings. The predicted molar refractivity (Wildman–Crippen MR) is 31.8 cm³/mol. The highest BCUT2D eigenvalue weighted by Gasteiger charge is 2.22. The molecule has 0 saturated heterocycles. The third kappa shape index (κ3) is 2.21. The van der Waals surface area contributed by atoms with Gasteiger partial charge in [-0.15, -0.1) is 0 Å². The number of carbonyl (C=O) groups is 1. The Morgan fingerprint density at radius 2 is 2.22 bits per heavy atom. The zero-order valence-corrected chi connectivity index (χ0v) is 5.46. The first-order chi connectivity index (χ1) is 4.09. The molecule has 0 aliphatic heterocycles. The van der Waals surface area contributed by atoms with Gasteiger partial charge in [0.1, 0.15) is 0 Å². The average Bonchev–Trinajstić information content (AvgIpc) is 1.64. The highest BCUT2D eigenvalue weighted by atomic mass is 16.6. The van der Waals surface area contributed by atoms with Crippen molar-refractivity contribution in [2.45, 2.75) is 26.3 Å². The van der Waals surface area contributed by atoms with Crippen LogP contribution in [0, 0.1) is 10.1 Å². The molecule has 4 nitrogen and oxygen atoms in total. The van der Waals surface area contributed by atoms with Crippen LogP contribution in [0.1, 0.15) is 20.3 Å². The molecule has 52 valence electrons. The molecule has 9 heavy (non-hydrogen) atoms. The van der Waals surface area contributed by atoms with Crippen molar-refractivity contribution < 1.29 is 9.72 Å². The van der Waals surface area contributed by atoms with E-state index < -0.39 is 11.0 Å². The van der Waals surface area contributed by atoms with Crippen LogP contribution in [0.3, 0.4) is 0 Å². The molecule has 0 fully saturated rings. The molecule has 1 atom stereocenters. The Bertz CT molecular complexity index is 118. The molecule has 0 unspecified atom stereocenters. The zero-order valence-electron chi connectivity index (χ0n) is 5.46. The van der Waals surface area contributed by atoms with E-state index in [0.717, 1.165) is 0 Å². The minimum atomic E-state index is -0.995. The second-order valence-corrected chi connectivity index (χ2v) is 1.82. The standard InChI is InChI=1S/C5H9NO3/c1-3-5(4(2)7)6(8)9/h5H,3H2,1-2H3/t5-/m0/s1. The number of Topliss-reactive ketones (excluding diaryl/α,β-unsaturated/α-hetero) is 1. The molecule has 0 radical (unpaired) electrons. The maximum atomic E-state index is 10.4. The second kappa shape index (κ2) is 3.17. The van der Waals surface area contributed by atoms with Gasteiger partial charge in [-0.2, -0.15) is 0 Å². The van der Waals surface area contributed by atoms with Crippen LogP contribution in [0.2, 0.25) is 0 Å². The molecule has 4 heteroatoms. The monoisotopic (exact) mass is 131 g/mol. The molecule has 0 aromatic carbocycles. The van der Waals surface area contributed by atoms with Crippen LogP contribution in [0.15, 0.2) is 0 Å². The van der Waals surface area contributed by atoms with E-state index in [9.17, 15) is 14.9 Å². The van der Waals surface area contributed by atoms with Crippen molar-refractivity contribution in [3.63, 3.8) is 0 Å². The van der Waals surface area contributed by atoms with Gasteiger partial charge in [-0.25, -0.2) is 0 Å². The lowest BCUT2D eigenvalue weighted by Gasteiger charge is -1.99. The fourth-order valence-corrected chi connectivity index (χ4v) is 0.585. The Morgan fingerprint density at radius 1 is 1.78 bits per heavy atom. The summed E-state index contributed by atoms with van der Waals surface area (Å²) < 4.78 is 0. The molecule has 0 rings (SSSR count). The van der Waals surface area contributed by atoms with E-state index in [1.807, 2.05) is 0 Å². The van der Waals surface area contributed by atoms with Crippen LogP contribution in [-0.2, 0) is 4.79 Å². The molecular formula is C5H9NO3. The van der Waals surface area contributed by atoms with Crippen molar-refractivity contribution in [1.82, 2.24) is 0 Å². The summed E-state index contributed by atoms with van der Waals surface area (Å²) in [5.74, 6) is -0.373. The summed E-state index contributed by atoms with van der Waals surface area (Å²) in [6.45, 7) is 2.85. The van der Waals surface area contributed by atoms with Crippen molar-refractivity contribution in [2.75, 3.05) is 0 Å². The molecular weight excluding hydrogens is 122 g/mol. The predicted octanol–water partition coefficient (Wildman–Crippen LogP) is 0.631. The minimum Gasteiger partial charge on any atom is -0.292 e. The van der Waals surface area contributed by atoms with Gasteiger partial charge in [0.05, 0.1) is 0 Å². The van der Waals surface area contributed by atoms with Gasteiger partial charge in [-0.3, -0.25) is 14.9 Å². The molecule has 0 amide bonds. The number of ketones is 1. The molecule has 0 spiro atoms. The number of hydrogen-bond acceptors (Lipinski definition) is 3. The van der Waals surface area contributed by atoms with Gasteiger partial charge in [-0.05, 0) is 0 Å². The normalized spacial score (nSPS) is 12.7. The number of hydrogen-bond donors (Lipinski definition) is 0. The summed E-state index contributed by atoms with van der Waals surface area (Å²) in [7, 11) is 0. The first kappa shape index (κ1) is 8.07. The summed E-state index contributed by atoms with van der Waals surface area (Å²) in [5.41, 5.74) is 0. The number of rotatable bonds is 3. The van der Waals surface area contributed by atoms with Crippen molar-refractivity contribution in [2.24, 2.45) is 0 Å². The quantitative estimate of drug-likeness (QED) is 0.417.